The standard InChI is InChI=1S/C16H18N2O2/c1-12(2)18(11-13-6-4-3-5-7-13)16(20)14-10-17-9-8-15(14)19/h3-10,12H,11H2,1-2H3,(H,17,19). The van der Waals surface area contributed by atoms with Gasteiger partial charge in [0.1, 0.15) is 5.56 Å². The number of hydrogen-bond donors (Lipinski definition) is 1. The predicted molar refractivity (Wildman–Crippen MR) is 78.5 cm³/mol. The van der Waals surface area contributed by atoms with E-state index in [1.807, 2.05) is 44.2 Å². The predicted octanol–water partition coefficient (Wildman–Crippen LogP) is 2.43. The van der Waals surface area contributed by atoms with Gasteiger partial charge in [-0.3, -0.25) is 9.59 Å². The highest BCUT2D eigenvalue weighted by atomic mass is 16.2. The van der Waals surface area contributed by atoms with E-state index in [1.165, 1.54) is 18.5 Å². The summed E-state index contributed by atoms with van der Waals surface area (Å²) in [7, 11) is 0. The van der Waals surface area contributed by atoms with Gasteiger partial charge in [-0.25, -0.2) is 0 Å². The Labute approximate surface area is 118 Å². The largest absolute Gasteiger partial charge is 0.367 e. The number of aromatic nitrogens is 1. The maximum atomic E-state index is 12.5. The first-order chi connectivity index (χ1) is 9.59. The smallest absolute Gasteiger partial charge is 0.259 e. The van der Waals surface area contributed by atoms with E-state index >= 15 is 0 Å². The van der Waals surface area contributed by atoms with Crippen molar-refractivity contribution in [3.63, 3.8) is 0 Å². The number of hydrogen-bond acceptors (Lipinski definition) is 2. The minimum Gasteiger partial charge on any atom is -0.367 e. The van der Waals surface area contributed by atoms with Gasteiger partial charge in [0.25, 0.3) is 5.91 Å². The molecule has 0 aliphatic rings. The zero-order valence-electron chi connectivity index (χ0n) is 11.7. The first-order valence-electron chi connectivity index (χ1n) is 6.61. The molecule has 0 saturated heterocycles. The third-order valence-corrected chi connectivity index (χ3v) is 3.13. The number of rotatable bonds is 4. The first-order valence-corrected chi connectivity index (χ1v) is 6.61. The number of nitrogens with one attached hydrogen (secondary N) is 1. The van der Waals surface area contributed by atoms with Crippen LogP contribution in [0, 0.1) is 0 Å². The van der Waals surface area contributed by atoms with Crippen LogP contribution >= 0.6 is 0 Å². The normalized spacial score (nSPS) is 10.6. The molecule has 2 rings (SSSR count). The minimum absolute atomic E-state index is 0.0160. The number of amides is 1. The van der Waals surface area contributed by atoms with Crippen molar-refractivity contribution in [2.75, 3.05) is 0 Å². The molecule has 0 aliphatic carbocycles. The molecule has 1 N–H and O–H groups in total. The second-order valence-corrected chi connectivity index (χ2v) is 4.93. The Balaban J connectivity index is 2.28. The van der Waals surface area contributed by atoms with E-state index < -0.39 is 0 Å². The highest BCUT2D eigenvalue weighted by Gasteiger charge is 2.21. The van der Waals surface area contributed by atoms with Crippen molar-refractivity contribution < 1.29 is 4.79 Å². The molecule has 2 aromatic rings. The van der Waals surface area contributed by atoms with E-state index in [2.05, 4.69) is 4.98 Å². The van der Waals surface area contributed by atoms with E-state index in [0.717, 1.165) is 5.56 Å². The van der Waals surface area contributed by atoms with Crippen LogP contribution in [0.15, 0.2) is 53.6 Å². The summed E-state index contributed by atoms with van der Waals surface area (Å²) >= 11 is 0. The molecule has 104 valence electrons. The SMILES string of the molecule is CC(C)N(Cc1ccccc1)C(=O)c1c[nH]ccc1=O. The average molecular weight is 270 g/mol. The Kier molecular flexibility index (Phi) is 4.35. The van der Waals surface area contributed by atoms with Crippen LogP contribution in [0.2, 0.25) is 0 Å². The third kappa shape index (κ3) is 3.15. The Morgan fingerprint density at radius 1 is 1.20 bits per heavy atom. The van der Waals surface area contributed by atoms with E-state index in [9.17, 15) is 9.59 Å². The van der Waals surface area contributed by atoms with Crippen molar-refractivity contribution >= 4 is 5.91 Å². The summed E-state index contributed by atoms with van der Waals surface area (Å²) in [5.74, 6) is -0.245. The summed E-state index contributed by atoms with van der Waals surface area (Å²) in [6.07, 6.45) is 2.99. The summed E-state index contributed by atoms with van der Waals surface area (Å²) in [5, 5.41) is 0. The first kappa shape index (κ1) is 14.1. The highest BCUT2D eigenvalue weighted by molar-refractivity contribution is 5.93. The number of carbonyl (C=O) groups is 1. The van der Waals surface area contributed by atoms with Crippen LogP contribution in [0.5, 0.6) is 0 Å². The maximum absolute atomic E-state index is 12.5. The fourth-order valence-electron chi connectivity index (χ4n) is 2.01. The van der Waals surface area contributed by atoms with Gasteiger partial charge >= 0.3 is 0 Å². The van der Waals surface area contributed by atoms with Crippen LogP contribution in [0.3, 0.4) is 0 Å². The van der Waals surface area contributed by atoms with Gasteiger partial charge in [0.2, 0.25) is 0 Å². The number of benzene rings is 1. The summed E-state index contributed by atoms with van der Waals surface area (Å²) in [4.78, 5) is 28.8. The van der Waals surface area contributed by atoms with Crippen LogP contribution in [-0.4, -0.2) is 21.8 Å². The van der Waals surface area contributed by atoms with Gasteiger partial charge < -0.3 is 9.88 Å². The molecule has 0 spiro atoms. The third-order valence-electron chi connectivity index (χ3n) is 3.13. The molecule has 0 atom stereocenters. The molecule has 4 heteroatoms. The van der Waals surface area contributed by atoms with Crippen molar-refractivity contribution in [2.45, 2.75) is 26.4 Å². The zero-order valence-corrected chi connectivity index (χ0v) is 11.7. The molecule has 1 aromatic carbocycles. The van der Waals surface area contributed by atoms with E-state index in [4.69, 9.17) is 0 Å². The summed E-state index contributed by atoms with van der Waals surface area (Å²) < 4.78 is 0. The lowest BCUT2D eigenvalue weighted by Crippen LogP contribution is -2.38. The lowest BCUT2D eigenvalue weighted by molar-refractivity contribution is 0.0688. The minimum atomic E-state index is -0.257. The van der Waals surface area contributed by atoms with Crippen molar-refractivity contribution in [2.24, 2.45) is 0 Å². The number of carbonyl (C=O) groups excluding carboxylic acids is 1. The van der Waals surface area contributed by atoms with Crippen LogP contribution in [0.25, 0.3) is 0 Å². The van der Waals surface area contributed by atoms with Crippen LogP contribution in [0.1, 0.15) is 29.8 Å². The topological polar surface area (TPSA) is 53.2 Å². The molecule has 0 bridgehead atoms. The second-order valence-electron chi connectivity index (χ2n) is 4.93. The Bertz CT molecular complexity index is 632. The van der Waals surface area contributed by atoms with Crippen LogP contribution < -0.4 is 5.43 Å². The zero-order chi connectivity index (χ0) is 14.5. The molecule has 1 aromatic heterocycles. The van der Waals surface area contributed by atoms with E-state index in [-0.39, 0.29) is 22.9 Å². The summed E-state index contributed by atoms with van der Waals surface area (Å²) in [6, 6.07) is 11.1. The molecule has 4 nitrogen and oxygen atoms in total. The quantitative estimate of drug-likeness (QED) is 0.927. The lowest BCUT2D eigenvalue weighted by Gasteiger charge is -2.26. The number of H-pyrrole nitrogens is 1. The summed E-state index contributed by atoms with van der Waals surface area (Å²) in [5.41, 5.74) is 0.964. The Hall–Kier alpha value is -2.36. The molecule has 0 fully saturated rings. The van der Waals surface area contributed by atoms with E-state index in [0.29, 0.717) is 6.54 Å². The summed E-state index contributed by atoms with van der Waals surface area (Å²) in [6.45, 7) is 4.38. The van der Waals surface area contributed by atoms with Crippen LogP contribution in [0.4, 0.5) is 0 Å². The average Bonchev–Trinajstić information content (AvgIpc) is 2.45. The Morgan fingerprint density at radius 3 is 2.50 bits per heavy atom. The molecule has 0 saturated carbocycles. The molecule has 0 aliphatic heterocycles. The molecular weight excluding hydrogens is 252 g/mol. The van der Waals surface area contributed by atoms with Crippen molar-refractivity contribution in [3.8, 4) is 0 Å². The van der Waals surface area contributed by atoms with Gasteiger partial charge in [0.05, 0.1) is 0 Å². The van der Waals surface area contributed by atoms with E-state index in [1.54, 1.807) is 4.90 Å². The van der Waals surface area contributed by atoms with Gasteiger partial charge in [-0.1, -0.05) is 30.3 Å². The number of aromatic amines is 1. The molecular formula is C16H18N2O2. The van der Waals surface area contributed by atoms with Gasteiger partial charge in [-0.15, -0.1) is 0 Å². The fourth-order valence-corrected chi connectivity index (χ4v) is 2.01. The molecule has 1 amide bonds. The van der Waals surface area contributed by atoms with Gasteiger partial charge in [-0.2, -0.15) is 0 Å². The van der Waals surface area contributed by atoms with Gasteiger partial charge in [0, 0.05) is 31.0 Å². The van der Waals surface area contributed by atoms with Crippen molar-refractivity contribution in [3.05, 3.63) is 70.1 Å². The van der Waals surface area contributed by atoms with Gasteiger partial charge in [-0.05, 0) is 19.4 Å². The van der Waals surface area contributed by atoms with Crippen molar-refractivity contribution in [1.29, 1.82) is 0 Å². The lowest BCUT2D eigenvalue weighted by atomic mass is 10.1. The van der Waals surface area contributed by atoms with Crippen LogP contribution in [-0.2, 0) is 6.54 Å². The molecule has 20 heavy (non-hydrogen) atoms. The Morgan fingerprint density at radius 2 is 1.90 bits per heavy atom. The van der Waals surface area contributed by atoms with Crippen molar-refractivity contribution in [1.82, 2.24) is 9.88 Å². The number of pyridine rings is 1. The number of nitrogens with zero attached hydrogens (tertiary/aromatic N) is 1. The molecule has 0 unspecified atom stereocenters. The van der Waals surface area contributed by atoms with Gasteiger partial charge in [0.15, 0.2) is 5.43 Å². The molecule has 0 radical (unpaired) electrons. The fraction of sp³-hybridized carbons (Fsp3) is 0.250. The monoisotopic (exact) mass is 270 g/mol. The maximum Gasteiger partial charge on any atom is 0.259 e. The molecule has 1 heterocycles. The second kappa shape index (κ2) is 6.19. The highest BCUT2D eigenvalue weighted by Crippen LogP contribution is 2.11.